The van der Waals surface area contributed by atoms with Crippen LogP contribution in [0.1, 0.15) is 33.1 Å². The summed E-state index contributed by atoms with van der Waals surface area (Å²) in [5.74, 6) is 2.05. The largest absolute Gasteiger partial charge is 0.461 e. The minimum atomic E-state index is -0.0391. The number of rotatable bonds is 4. The van der Waals surface area contributed by atoms with E-state index in [1.807, 2.05) is 0 Å². The number of nitrogens with one attached hydrogen (secondary N) is 1. The molecule has 0 unspecified atom stereocenters. The van der Waals surface area contributed by atoms with Crippen molar-refractivity contribution in [2.75, 3.05) is 39.5 Å². The van der Waals surface area contributed by atoms with Crippen LogP contribution in [0.3, 0.4) is 0 Å². The standard InChI is InChI=1S/C15H27NO3/c1-12-3-4-14(13(2)9-12)11-19-15(17)10-16-5-7-18-8-6-16/h12-14H,3-11H2,1-2H3/p+1/t12-,13-,14-/m0/s1. The number of carbonyl (C=O) groups excluding carboxylic acids is 1. The molecule has 1 heterocycles. The fourth-order valence-corrected chi connectivity index (χ4v) is 3.27. The molecule has 4 heteroatoms. The third-order valence-corrected chi connectivity index (χ3v) is 4.66. The number of hydrogen-bond donors (Lipinski definition) is 1. The number of hydrogen-bond acceptors (Lipinski definition) is 3. The van der Waals surface area contributed by atoms with E-state index in [-0.39, 0.29) is 5.97 Å². The highest BCUT2D eigenvalue weighted by Gasteiger charge is 2.27. The van der Waals surface area contributed by atoms with Crippen molar-refractivity contribution in [1.29, 1.82) is 0 Å². The Labute approximate surface area is 116 Å². The van der Waals surface area contributed by atoms with E-state index in [2.05, 4.69) is 13.8 Å². The summed E-state index contributed by atoms with van der Waals surface area (Å²) in [6, 6.07) is 0. The van der Waals surface area contributed by atoms with Crippen LogP contribution in [0.15, 0.2) is 0 Å². The highest BCUT2D eigenvalue weighted by atomic mass is 16.5. The highest BCUT2D eigenvalue weighted by Crippen LogP contribution is 2.33. The van der Waals surface area contributed by atoms with E-state index >= 15 is 0 Å². The van der Waals surface area contributed by atoms with E-state index < -0.39 is 0 Å². The minimum absolute atomic E-state index is 0.0391. The Morgan fingerprint density at radius 2 is 2.00 bits per heavy atom. The zero-order chi connectivity index (χ0) is 13.7. The molecule has 3 atom stereocenters. The summed E-state index contributed by atoms with van der Waals surface area (Å²) in [7, 11) is 0. The molecule has 4 nitrogen and oxygen atoms in total. The summed E-state index contributed by atoms with van der Waals surface area (Å²) >= 11 is 0. The molecule has 0 aromatic carbocycles. The molecule has 2 rings (SSSR count). The fourth-order valence-electron chi connectivity index (χ4n) is 3.27. The van der Waals surface area contributed by atoms with Crippen LogP contribution in [0.4, 0.5) is 0 Å². The summed E-state index contributed by atoms with van der Waals surface area (Å²) in [6.07, 6.45) is 3.76. The Balaban J connectivity index is 1.65. The second-order valence-corrected chi connectivity index (χ2v) is 6.38. The molecule has 0 bridgehead atoms. The van der Waals surface area contributed by atoms with Gasteiger partial charge in [0.05, 0.1) is 19.8 Å². The van der Waals surface area contributed by atoms with Gasteiger partial charge < -0.3 is 14.4 Å². The molecule has 0 spiro atoms. The number of quaternary nitrogens is 1. The van der Waals surface area contributed by atoms with Gasteiger partial charge in [-0.25, -0.2) is 4.79 Å². The maximum Gasteiger partial charge on any atom is 0.361 e. The third-order valence-electron chi connectivity index (χ3n) is 4.66. The summed E-state index contributed by atoms with van der Waals surface area (Å²) in [6.45, 7) is 9.11. The molecule has 0 aromatic rings. The van der Waals surface area contributed by atoms with Crippen LogP contribution in [0.2, 0.25) is 0 Å². The molecule has 1 saturated heterocycles. The van der Waals surface area contributed by atoms with Crippen LogP contribution in [0, 0.1) is 17.8 Å². The van der Waals surface area contributed by atoms with Crippen molar-refractivity contribution in [3.8, 4) is 0 Å². The normalized spacial score (nSPS) is 33.1. The van der Waals surface area contributed by atoms with Gasteiger partial charge in [0.25, 0.3) is 0 Å². The molecule has 1 saturated carbocycles. The van der Waals surface area contributed by atoms with Crippen LogP contribution in [0.5, 0.6) is 0 Å². The maximum absolute atomic E-state index is 11.8. The lowest BCUT2D eigenvalue weighted by Gasteiger charge is -2.32. The Kier molecular flexibility index (Phi) is 5.64. The van der Waals surface area contributed by atoms with Crippen molar-refractivity contribution in [2.45, 2.75) is 33.1 Å². The Bertz CT molecular complexity index is 289. The monoisotopic (exact) mass is 270 g/mol. The lowest BCUT2D eigenvalue weighted by Crippen LogP contribution is -3.15. The third kappa shape index (κ3) is 4.77. The molecule has 2 fully saturated rings. The molecule has 2 aliphatic rings. The lowest BCUT2D eigenvalue weighted by molar-refractivity contribution is -0.900. The number of ether oxygens (including phenoxy) is 2. The predicted molar refractivity (Wildman–Crippen MR) is 73.0 cm³/mol. The van der Waals surface area contributed by atoms with Crippen molar-refractivity contribution >= 4 is 5.97 Å². The van der Waals surface area contributed by atoms with Gasteiger partial charge in [-0.3, -0.25) is 0 Å². The van der Waals surface area contributed by atoms with Crippen LogP contribution in [0.25, 0.3) is 0 Å². The molecule has 0 amide bonds. The van der Waals surface area contributed by atoms with Gasteiger partial charge in [-0.2, -0.15) is 0 Å². The Morgan fingerprint density at radius 1 is 1.26 bits per heavy atom. The topological polar surface area (TPSA) is 40.0 Å². The van der Waals surface area contributed by atoms with E-state index in [0.717, 1.165) is 32.2 Å². The van der Waals surface area contributed by atoms with Gasteiger partial charge in [-0.1, -0.05) is 20.3 Å². The molecule has 1 aliphatic carbocycles. The summed E-state index contributed by atoms with van der Waals surface area (Å²) in [5, 5.41) is 0. The van der Waals surface area contributed by atoms with Gasteiger partial charge in [0, 0.05) is 0 Å². The first-order valence-corrected chi connectivity index (χ1v) is 7.72. The molecular weight excluding hydrogens is 242 g/mol. The van der Waals surface area contributed by atoms with Crippen molar-refractivity contribution in [3.05, 3.63) is 0 Å². The molecule has 1 N–H and O–H groups in total. The fraction of sp³-hybridized carbons (Fsp3) is 0.933. The number of morpholine rings is 1. The van der Waals surface area contributed by atoms with Gasteiger partial charge >= 0.3 is 5.97 Å². The first-order valence-electron chi connectivity index (χ1n) is 7.72. The van der Waals surface area contributed by atoms with E-state index in [1.165, 1.54) is 24.2 Å². The smallest absolute Gasteiger partial charge is 0.361 e. The lowest BCUT2D eigenvalue weighted by atomic mass is 9.76. The number of carbonyl (C=O) groups is 1. The van der Waals surface area contributed by atoms with Gasteiger partial charge in [0.2, 0.25) is 0 Å². The van der Waals surface area contributed by atoms with Crippen LogP contribution in [-0.2, 0) is 14.3 Å². The Morgan fingerprint density at radius 3 is 2.68 bits per heavy atom. The van der Waals surface area contributed by atoms with Crippen LogP contribution < -0.4 is 4.90 Å². The van der Waals surface area contributed by atoms with Crippen molar-refractivity contribution in [1.82, 2.24) is 0 Å². The van der Waals surface area contributed by atoms with Gasteiger partial charge in [0.15, 0.2) is 6.54 Å². The summed E-state index contributed by atoms with van der Waals surface area (Å²) in [4.78, 5) is 13.1. The second-order valence-electron chi connectivity index (χ2n) is 6.38. The number of esters is 1. The molecule has 1 aliphatic heterocycles. The van der Waals surface area contributed by atoms with E-state index in [1.54, 1.807) is 0 Å². The Hall–Kier alpha value is -0.610. The zero-order valence-corrected chi connectivity index (χ0v) is 12.3. The zero-order valence-electron chi connectivity index (χ0n) is 12.3. The summed E-state index contributed by atoms with van der Waals surface area (Å²) in [5.41, 5.74) is 0. The average molecular weight is 270 g/mol. The van der Waals surface area contributed by atoms with E-state index in [4.69, 9.17) is 9.47 Å². The maximum atomic E-state index is 11.8. The van der Waals surface area contributed by atoms with E-state index in [9.17, 15) is 4.79 Å². The van der Waals surface area contributed by atoms with E-state index in [0.29, 0.717) is 25.0 Å². The van der Waals surface area contributed by atoms with Crippen molar-refractivity contribution < 1.29 is 19.2 Å². The average Bonchev–Trinajstić information content (AvgIpc) is 2.39. The second kappa shape index (κ2) is 7.25. The van der Waals surface area contributed by atoms with Gasteiger partial charge in [0.1, 0.15) is 13.1 Å². The van der Waals surface area contributed by atoms with Gasteiger partial charge in [-0.05, 0) is 30.6 Å². The SMILES string of the molecule is C[C@H]1CC[C@@H](COC(=O)C[NH+]2CCOCC2)[C@@H](C)C1. The van der Waals surface area contributed by atoms with Crippen molar-refractivity contribution in [2.24, 2.45) is 17.8 Å². The first-order chi connectivity index (χ1) is 9.15. The molecule has 110 valence electrons. The van der Waals surface area contributed by atoms with Crippen LogP contribution >= 0.6 is 0 Å². The molecule has 19 heavy (non-hydrogen) atoms. The summed E-state index contributed by atoms with van der Waals surface area (Å²) < 4.78 is 10.8. The molecule has 0 aromatic heterocycles. The molecule has 0 radical (unpaired) electrons. The highest BCUT2D eigenvalue weighted by molar-refractivity contribution is 5.70. The van der Waals surface area contributed by atoms with Gasteiger partial charge in [-0.15, -0.1) is 0 Å². The molecular formula is C15H28NO3+. The minimum Gasteiger partial charge on any atom is -0.461 e. The first kappa shape index (κ1) is 14.8. The van der Waals surface area contributed by atoms with Crippen molar-refractivity contribution in [3.63, 3.8) is 0 Å². The quantitative estimate of drug-likeness (QED) is 0.757. The predicted octanol–water partition coefficient (Wildman–Crippen LogP) is 0.517. The van der Waals surface area contributed by atoms with Crippen LogP contribution in [-0.4, -0.2) is 45.4 Å².